The van der Waals surface area contributed by atoms with Gasteiger partial charge in [0.2, 0.25) is 10.0 Å². The Balaban J connectivity index is 1.49. The van der Waals surface area contributed by atoms with Crippen molar-refractivity contribution in [3.05, 3.63) is 71.8 Å². The molecule has 0 bridgehead atoms. The summed E-state index contributed by atoms with van der Waals surface area (Å²) >= 11 is 5.75. The first kappa shape index (κ1) is 19.8. The van der Waals surface area contributed by atoms with Gasteiger partial charge in [-0.2, -0.15) is 4.31 Å². The van der Waals surface area contributed by atoms with Gasteiger partial charge in [0.1, 0.15) is 18.0 Å². The van der Waals surface area contributed by atoms with Gasteiger partial charge in [-0.1, -0.05) is 41.9 Å². The van der Waals surface area contributed by atoms with Crippen LogP contribution >= 0.6 is 11.6 Å². The zero-order valence-electron chi connectivity index (χ0n) is 15.4. The lowest BCUT2D eigenvalue weighted by molar-refractivity contribution is 0.383. The van der Waals surface area contributed by atoms with E-state index in [4.69, 9.17) is 11.6 Å². The van der Waals surface area contributed by atoms with Crippen molar-refractivity contribution in [2.24, 2.45) is 0 Å². The molecule has 0 N–H and O–H groups in total. The van der Waals surface area contributed by atoms with Crippen molar-refractivity contribution in [3.63, 3.8) is 0 Å². The van der Waals surface area contributed by atoms with Crippen molar-refractivity contribution in [3.8, 4) is 11.3 Å². The van der Waals surface area contributed by atoms with Gasteiger partial charge in [0.05, 0.1) is 15.6 Å². The number of nitrogens with zero attached hydrogens (tertiary/aromatic N) is 4. The van der Waals surface area contributed by atoms with E-state index in [9.17, 15) is 12.8 Å². The molecule has 0 radical (unpaired) electrons. The fourth-order valence-corrected chi connectivity index (χ4v) is 4.92. The summed E-state index contributed by atoms with van der Waals surface area (Å²) in [5.74, 6) is 0.106. The van der Waals surface area contributed by atoms with Crippen molar-refractivity contribution < 1.29 is 12.8 Å². The lowest BCUT2D eigenvalue weighted by Crippen LogP contribution is -2.48. The fraction of sp³-hybridized carbons (Fsp3) is 0.200. The van der Waals surface area contributed by atoms with Gasteiger partial charge in [-0.3, -0.25) is 0 Å². The first-order valence-electron chi connectivity index (χ1n) is 9.03. The van der Waals surface area contributed by atoms with Crippen LogP contribution in [0.2, 0.25) is 5.02 Å². The highest BCUT2D eigenvalue weighted by Crippen LogP contribution is 2.25. The Morgan fingerprint density at radius 1 is 0.931 bits per heavy atom. The molecule has 1 aromatic heterocycles. The Morgan fingerprint density at radius 3 is 2.34 bits per heavy atom. The van der Waals surface area contributed by atoms with Crippen LogP contribution in [-0.2, 0) is 10.0 Å². The van der Waals surface area contributed by atoms with Gasteiger partial charge in [0.15, 0.2) is 0 Å². The Labute approximate surface area is 173 Å². The van der Waals surface area contributed by atoms with E-state index < -0.39 is 15.8 Å². The maximum Gasteiger partial charge on any atom is 0.243 e. The third-order valence-corrected chi connectivity index (χ3v) is 7.00. The number of piperazine rings is 1. The molecular weight excluding hydrogens is 415 g/mol. The molecule has 4 rings (SSSR count). The monoisotopic (exact) mass is 432 g/mol. The van der Waals surface area contributed by atoms with Crippen LogP contribution in [-0.4, -0.2) is 48.9 Å². The van der Waals surface area contributed by atoms with E-state index in [2.05, 4.69) is 9.97 Å². The van der Waals surface area contributed by atoms with Gasteiger partial charge >= 0.3 is 0 Å². The largest absolute Gasteiger partial charge is 0.354 e. The Bertz CT molecular complexity index is 1120. The third-order valence-electron chi connectivity index (χ3n) is 4.81. The first-order chi connectivity index (χ1) is 13.9. The Hall–Kier alpha value is -2.55. The van der Waals surface area contributed by atoms with Crippen molar-refractivity contribution >= 4 is 27.4 Å². The zero-order valence-corrected chi connectivity index (χ0v) is 16.9. The number of benzene rings is 2. The molecule has 1 fully saturated rings. The quantitative estimate of drug-likeness (QED) is 0.631. The summed E-state index contributed by atoms with van der Waals surface area (Å²) in [6.07, 6.45) is 1.52. The molecule has 1 aliphatic heterocycles. The van der Waals surface area contributed by atoms with Gasteiger partial charge in [-0.25, -0.2) is 22.8 Å². The molecule has 0 amide bonds. The number of aromatic nitrogens is 2. The molecule has 150 valence electrons. The van der Waals surface area contributed by atoms with E-state index in [1.165, 1.54) is 16.7 Å². The zero-order chi connectivity index (χ0) is 20.4. The Morgan fingerprint density at radius 2 is 1.66 bits per heavy atom. The molecule has 1 aliphatic rings. The number of hydrogen-bond acceptors (Lipinski definition) is 5. The highest BCUT2D eigenvalue weighted by Gasteiger charge is 2.29. The van der Waals surface area contributed by atoms with Gasteiger partial charge < -0.3 is 4.90 Å². The standard InChI is InChI=1S/C20H18ClFN4O2S/c21-17-12-16(6-7-18(17)22)29(27,28)26-10-8-25(9-11-26)20-13-19(23-14-24-20)15-4-2-1-3-5-15/h1-7,12-14H,8-11H2. The third kappa shape index (κ3) is 4.10. The number of rotatable bonds is 4. The molecule has 0 atom stereocenters. The summed E-state index contributed by atoms with van der Waals surface area (Å²) in [6, 6.07) is 15.1. The predicted molar refractivity (Wildman–Crippen MR) is 110 cm³/mol. The van der Waals surface area contributed by atoms with Crippen LogP contribution in [0.15, 0.2) is 65.8 Å². The predicted octanol–water partition coefficient (Wildman–Crippen LogP) is 3.45. The molecule has 29 heavy (non-hydrogen) atoms. The van der Waals surface area contributed by atoms with Crippen molar-refractivity contribution in [1.82, 2.24) is 14.3 Å². The molecule has 0 aliphatic carbocycles. The molecule has 0 spiro atoms. The number of halogens is 2. The van der Waals surface area contributed by atoms with E-state index >= 15 is 0 Å². The highest BCUT2D eigenvalue weighted by molar-refractivity contribution is 7.89. The summed E-state index contributed by atoms with van der Waals surface area (Å²) in [7, 11) is -3.74. The summed E-state index contributed by atoms with van der Waals surface area (Å²) in [5, 5.41) is -0.209. The van der Waals surface area contributed by atoms with Crippen LogP contribution in [0.25, 0.3) is 11.3 Å². The highest BCUT2D eigenvalue weighted by atomic mass is 35.5. The van der Waals surface area contributed by atoms with Crippen LogP contribution in [0.4, 0.5) is 10.2 Å². The average Bonchev–Trinajstić information content (AvgIpc) is 2.76. The molecule has 6 nitrogen and oxygen atoms in total. The normalized spacial score (nSPS) is 15.4. The van der Waals surface area contributed by atoms with Gasteiger partial charge in [-0.15, -0.1) is 0 Å². The van der Waals surface area contributed by atoms with Crippen LogP contribution in [0.1, 0.15) is 0 Å². The van der Waals surface area contributed by atoms with Crippen LogP contribution in [0.3, 0.4) is 0 Å². The van der Waals surface area contributed by atoms with Crippen molar-refractivity contribution in [1.29, 1.82) is 0 Å². The van der Waals surface area contributed by atoms with Gasteiger partial charge in [-0.05, 0) is 18.2 Å². The second kappa shape index (κ2) is 8.06. The lowest BCUT2D eigenvalue weighted by Gasteiger charge is -2.34. The number of hydrogen-bond donors (Lipinski definition) is 0. The van der Waals surface area contributed by atoms with Crippen LogP contribution < -0.4 is 4.90 Å². The first-order valence-corrected chi connectivity index (χ1v) is 10.8. The van der Waals surface area contributed by atoms with E-state index in [0.29, 0.717) is 26.2 Å². The van der Waals surface area contributed by atoms with Gasteiger partial charge in [0.25, 0.3) is 0 Å². The van der Waals surface area contributed by atoms with Crippen molar-refractivity contribution in [2.45, 2.75) is 4.90 Å². The molecule has 3 aromatic rings. The molecule has 2 aromatic carbocycles. The minimum atomic E-state index is -3.74. The summed E-state index contributed by atoms with van der Waals surface area (Å²) in [4.78, 5) is 10.7. The molecule has 9 heteroatoms. The van der Waals surface area contributed by atoms with E-state index in [1.807, 2.05) is 41.3 Å². The molecule has 1 saturated heterocycles. The number of anilines is 1. The molecular formula is C20H18ClFN4O2S. The smallest absolute Gasteiger partial charge is 0.243 e. The maximum absolute atomic E-state index is 13.4. The maximum atomic E-state index is 13.4. The summed E-state index contributed by atoms with van der Waals surface area (Å²) in [5.41, 5.74) is 1.80. The molecule has 2 heterocycles. The Kier molecular flexibility index (Phi) is 5.49. The minimum Gasteiger partial charge on any atom is -0.354 e. The summed E-state index contributed by atoms with van der Waals surface area (Å²) in [6.45, 7) is 1.56. The van der Waals surface area contributed by atoms with Gasteiger partial charge in [0, 0.05) is 37.8 Å². The second-order valence-electron chi connectivity index (χ2n) is 6.59. The van der Waals surface area contributed by atoms with E-state index in [0.717, 1.165) is 29.2 Å². The van der Waals surface area contributed by atoms with Crippen molar-refractivity contribution in [2.75, 3.05) is 31.1 Å². The fourth-order valence-electron chi connectivity index (χ4n) is 3.23. The van der Waals surface area contributed by atoms with E-state index in [-0.39, 0.29) is 9.92 Å². The van der Waals surface area contributed by atoms with Crippen LogP contribution in [0, 0.1) is 5.82 Å². The molecule has 0 saturated carbocycles. The van der Waals surface area contributed by atoms with E-state index in [1.54, 1.807) is 0 Å². The molecule has 0 unspecified atom stereocenters. The second-order valence-corrected chi connectivity index (χ2v) is 8.94. The summed E-state index contributed by atoms with van der Waals surface area (Å²) < 4.78 is 40.4. The SMILES string of the molecule is O=S(=O)(c1ccc(F)c(Cl)c1)N1CCN(c2cc(-c3ccccc3)ncn2)CC1. The van der Waals surface area contributed by atoms with Crippen LogP contribution in [0.5, 0.6) is 0 Å². The number of sulfonamides is 1. The topological polar surface area (TPSA) is 66.4 Å². The minimum absolute atomic E-state index is 0.00856. The average molecular weight is 433 g/mol. The lowest BCUT2D eigenvalue weighted by atomic mass is 10.1.